The van der Waals surface area contributed by atoms with Crippen molar-refractivity contribution in [3.8, 4) is 0 Å². The molecule has 7 heteroatoms. The third-order valence-electron chi connectivity index (χ3n) is 0. The van der Waals surface area contributed by atoms with Gasteiger partial charge in [0.2, 0.25) is 0 Å². The molecule has 0 bridgehead atoms. The first-order valence-corrected chi connectivity index (χ1v) is 1.84. The topological polar surface area (TPSA) is 94.7 Å². The van der Waals surface area contributed by atoms with Crippen LogP contribution in [0.3, 0.4) is 0 Å². The molecule has 0 spiro atoms. The second-order valence-corrected chi connectivity index (χ2v) is 0.750. The number of hydrogen-bond acceptors (Lipinski definition) is 3. The Balaban J connectivity index is -0.0000000150. The van der Waals surface area contributed by atoms with Crippen LogP contribution in [0.15, 0.2) is 0 Å². The van der Waals surface area contributed by atoms with E-state index in [2.05, 4.69) is 0 Å². The predicted octanol–water partition coefficient (Wildman–Crippen LogP) is -6.70. The van der Waals surface area contributed by atoms with Crippen molar-refractivity contribution in [2.24, 2.45) is 0 Å². The van der Waals surface area contributed by atoms with E-state index in [1.165, 1.54) is 0 Å². The molecule has 0 unspecified atom stereocenters. The molecule has 0 aliphatic rings. The molecule has 0 rings (SSSR count). The number of hydrogen-bond donors (Lipinski definition) is 0. The Morgan fingerprint density at radius 3 is 1.29 bits per heavy atom. The van der Waals surface area contributed by atoms with Crippen LogP contribution in [0.4, 0.5) is 0 Å². The van der Waals surface area contributed by atoms with Gasteiger partial charge in [0, 0.05) is 9.17 Å². The van der Waals surface area contributed by atoms with E-state index >= 15 is 0 Å². The quantitative estimate of drug-likeness (QED) is 0.354. The van der Waals surface area contributed by atoms with E-state index in [1.54, 1.807) is 0 Å². The summed E-state index contributed by atoms with van der Waals surface area (Å²) in [7, 11) is -3.63. The Kier molecular flexibility index (Phi) is 52.1. The molecule has 0 heterocycles. The summed E-state index contributed by atoms with van der Waals surface area (Å²) in [5.74, 6) is 0. The molecule has 38 valence electrons. The summed E-state index contributed by atoms with van der Waals surface area (Å²) in [6.07, 6.45) is 0. The molecule has 0 aromatic rings. The van der Waals surface area contributed by atoms with E-state index in [1.807, 2.05) is 0 Å². The Labute approximate surface area is 95.4 Å². The molecule has 0 aliphatic carbocycles. The Hall–Kier alpha value is 1.73. The van der Waals surface area contributed by atoms with Gasteiger partial charge >= 0.3 is 68.5 Å². The summed E-state index contributed by atoms with van der Waals surface area (Å²) < 4.78 is 8.52. The van der Waals surface area contributed by atoms with Crippen LogP contribution < -0.4 is 61.0 Å². The minimum Gasteiger partial charge on any atom is -0.672 e. The zero-order chi connectivity index (χ0) is 3.58. The SMILES string of the molecule is O.O=[Si]([O-])[O-].[Fe+2].[K+]. The van der Waals surface area contributed by atoms with Crippen LogP contribution in [-0.4, -0.2) is 14.6 Å². The zero-order valence-corrected chi connectivity index (χ0v) is 8.81. The summed E-state index contributed by atoms with van der Waals surface area (Å²) in [5.41, 5.74) is 0. The summed E-state index contributed by atoms with van der Waals surface area (Å²) in [6.45, 7) is 0. The molecule has 0 aromatic carbocycles. The van der Waals surface area contributed by atoms with E-state index in [-0.39, 0.29) is 73.9 Å². The Morgan fingerprint density at radius 1 is 1.29 bits per heavy atom. The summed E-state index contributed by atoms with van der Waals surface area (Å²) in [5, 5.41) is 0. The summed E-state index contributed by atoms with van der Waals surface area (Å²) in [6, 6.07) is 0. The van der Waals surface area contributed by atoms with E-state index in [9.17, 15) is 0 Å². The minimum absolute atomic E-state index is 0. The van der Waals surface area contributed by atoms with Gasteiger partial charge in [-0.2, -0.15) is 0 Å². The molecule has 0 atom stereocenters. The first-order valence-electron chi connectivity index (χ1n) is 0.612. The Bertz CT molecular complexity index is 34.7. The van der Waals surface area contributed by atoms with Crippen molar-refractivity contribution in [3.05, 3.63) is 0 Å². The average molecular weight is 189 g/mol. The third kappa shape index (κ3) is 84.6. The van der Waals surface area contributed by atoms with Gasteiger partial charge in [-0.25, -0.2) is 0 Å². The molecule has 4 nitrogen and oxygen atoms in total. The molecule has 0 amide bonds. The maximum absolute atomic E-state index is 8.52. The van der Waals surface area contributed by atoms with Gasteiger partial charge in [-0.05, 0) is 0 Å². The predicted molar refractivity (Wildman–Crippen MR) is 10.1 cm³/mol. The zero-order valence-electron chi connectivity index (χ0n) is 3.58. The van der Waals surface area contributed by atoms with Crippen molar-refractivity contribution in [2.75, 3.05) is 0 Å². The number of rotatable bonds is 0. The summed E-state index contributed by atoms with van der Waals surface area (Å²) in [4.78, 5) is 17.0. The summed E-state index contributed by atoms with van der Waals surface area (Å²) >= 11 is 0. The second-order valence-electron chi connectivity index (χ2n) is 0.250. The molecule has 0 radical (unpaired) electrons. The van der Waals surface area contributed by atoms with Crippen molar-refractivity contribution in [1.82, 2.24) is 0 Å². The van der Waals surface area contributed by atoms with Gasteiger partial charge in [0.15, 0.2) is 0 Å². The van der Waals surface area contributed by atoms with E-state index in [0.29, 0.717) is 0 Å². The van der Waals surface area contributed by atoms with Crippen LogP contribution >= 0.6 is 0 Å². The van der Waals surface area contributed by atoms with Gasteiger partial charge < -0.3 is 19.5 Å². The molecule has 0 fully saturated rings. The van der Waals surface area contributed by atoms with Crippen molar-refractivity contribution in [1.29, 1.82) is 0 Å². The van der Waals surface area contributed by atoms with E-state index in [0.717, 1.165) is 0 Å². The van der Waals surface area contributed by atoms with Crippen LogP contribution in [0.1, 0.15) is 0 Å². The molecule has 0 aliphatic heterocycles. The fraction of sp³-hybridized carbons (Fsp3) is 0. The van der Waals surface area contributed by atoms with E-state index < -0.39 is 9.17 Å². The molecule has 0 saturated heterocycles. The third-order valence-corrected chi connectivity index (χ3v) is 0. The monoisotopic (exact) mass is 189 g/mol. The minimum atomic E-state index is -3.63. The van der Waals surface area contributed by atoms with Gasteiger partial charge in [-0.1, -0.05) is 0 Å². The fourth-order valence-electron chi connectivity index (χ4n) is 0. The molecule has 0 aromatic heterocycles. The van der Waals surface area contributed by atoms with Crippen LogP contribution in [0.5, 0.6) is 0 Å². The molecular weight excluding hydrogens is 187 g/mol. The largest absolute Gasteiger partial charge is 2.00 e. The van der Waals surface area contributed by atoms with Gasteiger partial charge in [0.25, 0.3) is 0 Å². The van der Waals surface area contributed by atoms with Crippen molar-refractivity contribution >= 4 is 9.17 Å². The average Bonchev–Trinajstić information content (AvgIpc) is 0.811. The van der Waals surface area contributed by atoms with Crippen LogP contribution in [0.2, 0.25) is 0 Å². The van der Waals surface area contributed by atoms with Gasteiger partial charge in [0.05, 0.1) is 0 Å². The smallest absolute Gasteiger partial charge is 0.672 e. The second kappa shape index (κ2) is 15.6. The standard InChI is InChI=1S/Fe.K.O3Si.H2O/c;;1-4(2)3;/h;;;1H2/q+2;+1;-2;. The van der Waals surface area contributed by atoms with Crippen LogP contribution in [-0.2, 0) is 21.5 Å². The van der Waals surface area contributed by atoms with E-state index in [4.69, 9.17) is 14.1 Å². The fourth-order valence-corrected chi connectivity index (χ4v) is 0. The molecular formula is H2FeKO4Si+. The normalized spacial score (nSPS) is 3.43. The molecule has 0 saturated carbocycles. The van der Waals surface area contributed by atoms with Gasteiger partial charge in [-0.3, -0.25) is 0 Å². The Morgan fingerprint density at radius 2 is 1.29 bits per heavy atom. The van der Waals surface area contributed by atoms with Crippen LogP contribution in [0.25, 0.3) is 0 Å². The maximum atomic E-state index is 8.52. The van der Waals surface area contributed by atoms with Gasteiger partial charge in [-0.15, -0.1) is 0 Å². The maximum Gasteiger partial charge on any atom is 2.00 e. The molecule has 2 N–H and O–H groups in total. The van der Waals surface area contributed by atoms with Crippen LogP contribution in [0, 0.1) is 0 Å². The van der Waals surface area contributed by atoms with Crippen molar-refractivity contribution in [2.45, 2.75) is 0 Å². The van der Waals surface area contributed by atoms with Crippen molar-refractivity contribution in [3.63, 3.8) is 0 Å². The first kappa shape index (κ1) is 23.3. The van der Waals surface area contributed by atoms with Crippen molar-refractivity contribution < 1.29 is 88.0 Å². The molecule has 7 heavy (non-hydrogen) atoms. The van der Waals surface area contributed by atoms with Gasteiger partial charge in [0.1, 0.15) is 0 Å². The first-order chi connectivity index (χ1) is 1.73.